The third kappa shape index (κ3) is 4.12. The standard InChI is InChI=1S/C17H20Cl2N4O4S/c1-8-12(18)13(19)14(21-8)15(25)22-10-3-4-23(6-9(10)7-24)17-20-5-11(28-17)16(26)27-2/h5,9-10,21,24H,3-4,6-7H2,1-2H3,(H,22,25)/t9-,10-/m0/s1. The maximum atomic E-state index is 12.6. The summed E-state index contributed by atoms with van der Waals surface area (Å²) >= 11 is 13.4. The summed E-state index contributed by atoms with van der Waals surface area (Å²) < 4.78 is 4.70. The van der Waals surface area contributed by atoms with E-state index in [4.69, 9.17) is 27.9 Å². The van der Waals surface area contributed by atoms with Crippen LogP contribution >= 0.6 is 34.5 Å². The van der Waals surface area contributed by atoms with Gasteiger partial charge in [0.05, 0.1) is 23.4 Å². The van der Waals surface area contributed by atoms with E-state index in [1.807, 2.05) is 4.90 Å². The molecule has 3 rings (SSSR count). The minimum atomic E-state index is -0.429. The van der Waals surface area contributed by atoms with Crippen molar-refractivity contribution in [1.82, 2.24) is 15.3 Å². The van der Waals surface area contributed by atoms with Gasteiger partial charge in [0.15, 0.2) is 5.13 Å². The van der Waals surface area contributed by atoms with Crippen molar-refractivity contribution in [2.24, 2.45) is 5.92 Å². The van der Waals surface area contributed by atoms with Crippen LogP contribution in [0.5, 0.6) is 0 Å². The Balaban J connectivity index is 1.67. The Hall–Kier alpha value is -1.81. The van der Waals surface area contributed by atoms with Gasteiger partial charge >= 0.3 is 5.97 Å². The Morgan fingerprint density at radius 1 is 1.46 bits per heavy atom. The number of aromatic nitrogens is 2. The van der Waals surface area contributed by atoms with Crippen LogP contribution in [0.2, 0.25) is 10.0 Å². The summed E-state index contributed by atoms with van der Waals surface area (Å²) in [5, 5.41) is 13.9. The lowest BCUT2D eigenvalue weighted by molar-refractivity contribution is 0.0605. The van der Waals surface area contributed by atoms with Crippen molar-refractivity contribution in [1.29, 1.82) is 0 Å². The van der Waals surface area contributed by atoms with E-state index in [2.05, 4.69) is 15.3 Å². The summed E-state index contributed by atoms with van der Waals surface area (Å²) in [6.07, 6.45) is 2.09. The molecule has 152 valence electrons. The molecule has 0 spiro atoms. The average molecular weight is 447 g/mol. The maximum Gasteiger partial charge on any atom is 0.349 e. The van der Waals surface area contributed by atoms with Crippen molar-refractivity contribution in [2.45, 2.75) is 19.4 Å². The number of halogens is 2. The molecule has 0 saturated carbocycles. The molecule has 28 heavy (non-hydrogen) atoms. The summed E-state index contributed by atoms with van der Waals surface area (Å²) in [6, 6.07) is -0.229. The van der Waals surface area contributed by atoms with Gasteiger partial charge in [0.1, 0.15) is 10.6 Å². The van der Waals surface area contributed by atoms with Gasteiger partial charge in [0.2, 0.25) is 0 Å². The lowest BCUT2D eigenvalue weighted by Gasteiger charge is -2.38. The molecule has 2 aromatic rings. The molecule has 2 aromatic heterocycles. The van der Waals surface area contributed by atoms with Gasteiger partial charge in [-0.1, -0.05) is 34.5 Å². The number of piperidine rings is 1. The molecule has 2 atom stereocenters. The zero-order valence-electron chi connectivity index (χ0n) is 15.3. The number of carbonyl (C=O) groups is 2. The van der Waals surface area contributed by atoms with Crippen molar-refractivity contribution in [3.63, 3.8) is 0 Å². The fourth-order valence-corrected chi connectivity index (χ4v) is 4.44. The highest BCUT2D eigenvalue weighted by Gasteiger charge is 2.32. The van der Waals surface area contributed by atoms with E-state index < -0.39 is 5.97 Å². The number of aliphatic hydroxyl groups excluding tert-OH is 1. The fourth-order valence-electron chi connectivity index (χ4n) is 3.16. The van der Waals surface area contributed by atoms with Crippen molar-refractivity contribution in [2.75, 3.05) is 31.7 Å². The number of aliphatic hydroxyl groups is 1. The van der Waals surface area contributed by atoms with E-state index in [1.165, 1.54) is 24.6 Å². The first kappa shape index (κ1) is 20.9. The molecule has 1 fully saturated rings. The van der Waals surface area contributed by atoms with Crippen molar-refractivity contribution in [3.05, 3.63) is 32.5 Å². The molecule has 1 aliphatic rings. The summed E-state index contributed by atoms with van der Waals surface area (Å²) in [6.45, 7) is 2.74. The normalized spacial score (nSPS) is 19.5. The van der Waals surface area contributed by atoms with E-state index in [0.29, 0.717) is 40.2 Å². The molecule has 1 aliphatic heterocycles. The summed E-state index contributed by atoms with van der Waals surface area (Å²) in [5.41, 5.74) is 0.835. The van der Waals surface area contributed by atoms with Crippen LogP contribution in [0.4, 0.5) is 5.13 Å². The SMILES string of the molecule is COC(=O)c1cnc(N2CC[C@H](NC(=O)c3[nH]c(C)c(Cl)c3Cl)[C@H](CO)C2)s1. The van der Waals surface area contributed by atoms with E-state index in [0.717, 1.165) is 0 Å². The second-order valence-electron chi connectivity index (χ2n) is 6.51. The molecule has 11 heteroatoms. The summed E-state index contributed by atoms with van der Waals surface area (Å²) in [4.78, 5) is 33.8. The number of H-pyrrole nitrogens is 1. The lowest BCUT2D eigenvalue weighted by atomic mass is 9.93. The van der Waals surface area contributed by atoms with Crippen LogP contribution in [-0.2, 0) is 4.74 Å². The topological polar surface area (TPSA) is 108 Å². The molecule has 3 heterocycles. The number of nitrogens with zero attached hydrogens (tertiary/aromatic N) is 2. The highest BCUT2D eigenvalue weighted by Crippen LogP contribution is 2.30. The number of rotatable bonds is 5. The number of anilines is 1. The predicted octanol–water partition coefficient (Wildman–Crippen LogP) is 2.49. The van der Waals surface area contributed by atoms with Gasteiger partial charge in [0, 0.05) is 37.4 Å². The number of thiazole rings is 1. The Labute approximate surface area is 175 Å². The zero-order chi connectivity index (χ0) is 20.4. The van der Waals surface area contributed by atoms with Gasteiger partial charge < -0.3 is 25.0 Å². The van der Waals surface area contributed by atoms with Crippen LogP contribution in [-0.4, -0.2) is 59.8 Å². The third-order valence-corrected chi connectivity index (χ3v) is 6.70. The Bertz CT molecular complexity index is 885. The van der Waals surface area contributed by atoms with Crippen molar-refractivity contribution >= 4 is 51.5 Å². The predicted molar refractivity (Wildman–Crippen MR) is 108 cm³/mol. The van der Waals surface area contributed by atoms with Crippen LogP contribution in [0.15, 0.2) is 6.20 Å². The minimum absolute atomic E-state index is 0.102. The second-order valence-corrected chi connectivity index (χ2v) is 8.27. The van der Waals surface area contributed by atoms with Crippen LogP contribution < -0.4 is 10.2 Å². The number of esters is 1. The first-order valence-electron chi connectivity index (χ1n) is 8.60. The monoisotopic (exact) mass is 446 g/mol. The van der Waals surface area contributed by atoms with Crippen molar-refractivity contribution in [3.8, 4) is 0 Å². The number of methoxy groups -OCH3 is 1. The first-order chi connectivity index (χ1) is 13.3. The molecule has 0 radical (unpaired) electrons. The molecule has 1 amide bonds. The van der Waals surface area contributed by atoms with Crippen LogP contribution in [0.1, 0.15) is 32.3 Å². The number of hydrogen-bond donors (Lipinski definition) is 3. The van der Waals surface area contributed by atoms with Crippen LogP contribution in [0.3, 0.4) is 0 Å². The van der Waals surface area contributed by atoms with E-state index >= 15 is 0 Å². The summed E-state index contributed by atoms with van der Waals surface area (Å²) in [5.74, 6) is -0.992. The smallest absolute Gasteiger partial charge is 0.349 e. The van der Waals surface area contributed by atoms with E-state index in [1.54, 1.807) is 6.92 Å². The molecule has 1 saturated heterocycles. The second kappa shape index (κ2) is 8.69. The number of hydrogen-bond acceptors (Lipinski definition) is 7. The molecule has 0 aliphatic carbocycles. The Morgan fingerprint density at radius 3 is 2.82 bits per heavy atom. The number of amides is 1. The number of ether oxygens (including phenoxy) is 1. The summed E-state index contributed by atoms with van der Waals surface area (Å²) in [7, 11) is 1.32. The number of aryl methyl sites for hydroxylation is 1. The Kier molecular flexibility index (Phi) is 6.49. The highest BCUT2D eigenvalue weighted by molar-refractivity contribution is 7.17. The van der Waals surface area contributed by atoms with Gasteiger partial charge in [-0.25, -0.2) is 9.78 Å². The molecule has 0 unspecified atom stereocenters. The van der Waals surface area contributed by atoms with Gasteiger partial charge in [-0.3, -0.25) is 4.79 Å². The molecule has 0 bridgehead atoms. The molecule has 0 aromatic carbocycles. The first-order valence-corrected chi connectivity index (χ1v) is 10.2. The van der Waals surface area contributed by atoms with Gasteiger partial charge in [-0.05, 0) is 13.3 Å². The number of aromatic amines is 1. The number of carbonyl (C=O) groups excluding carboxylic acids is 2. The van der Waals surface area contributed by atoms with E-state index in [9.17, 15) is 14.7 Å². The molecule has 8 nitrogen and oxygen atoms in total. The van der Waals surface area contributed by atoms with Crippen LogP contribution in [0, 0.1) is 12.8 Å². The molecular formula is C17H20Cl2N4O4S. The highest BCUT2D eigenvalue weighted by atomic mass is 35.5. The van der Waals surface area contributed by atoms with E-state index in [-0.39, 0.29) is 35.2 Å². The Morgan fingerprint density at radius 2 is 2.21 bits per heavy atom. The van der Waals surface area contributed by atoms with Crippen LogP contribution in [0.25, 0.3) is 0 Å². The third-order valence-electron chi connectivity index (χ3n) is 4.72. The molecule has 3 N–H and O–H groups in total. The number of nitrogens with one attached hydrogen (secondary N) is 2. The van der Waals surface area contributed by atoms with Gasteiger partial charge in [-0.2, -0.15) is 0 Å². The largest absolute Gasteiger partial charge is 0.465 e. The maximum absolute atomic E-state index is 12.6. The minimum Gasteiger partial charge on any atom is -0.465 e. The lowest BCUT2D eigenvalue weighted by Crippen LogP contribution is -2.52. The van der Waals surface area contributed by atoms with Gasteiger partial charge in [0.25, 0.3) is 5.91 Å². The van der Waals surface area contributed by atoms with Gasteiger partial charge in [-0.15, -0.1) is 0 Å². The fraction of sp³-hybridized carbons (Fsp3) is 0.471. The molecular weight excluding hydrogens is 427 g/mol. The quantitative estimate of drug-likeness (QED) is 0.608. The zero-order valence-corrected chi connectivity index (χ0v) is 17.6. The van der Waals surface area contributed by atoms with Crippen molar-refractivity contribution < 1.29 is 19.4 Å². The average Bonchev–Trinajstić information content (AvgIpc) is 3.29.